The predicted octanol–water partition coefficient (Wildman–Crippen LogP) is 3.98. The number of hydrogen-bond acceptors (Lipinski definition) is 4. The van der Waals surface area contributed by atoms with Crippen LogP contribution in [0.15, 0.2) is 30.3 Å². The van der Waals surface area contributed by atoms with E-state index in [-0.39, 0.29) is 29.0 Å². The van der Waals surface area contributed by atoms with E-state index in [0.717, 1.165) is 17.2 Å². The van der Waals surface area contributed by atoms with Gasteiger partial charge in [0.2, 0.25) is 0 Å². The molecule has 0 fully saturated rings. The average Bonchev–Trinajstić information content (AvgIpc) is 2.90. The lowest BCUT2D eigenvalue weighted by Crippen LogP contribution is -2.09. The highest BCUT2D eigenvalue weighted by molar-refractivity contribution is 5.66. The Morgan fingerprint density at radius 3 is 2.78 bits per heavy atom. The Hall–Kier alpha value is -2.70. The number of rotatable bonds is 4. The summed E-state index contributed by atoms with van der Waals surface area (Å²) in [6.07, 6.45) is 1.35. The van der Waals surface area contributed by atoms with Gasteiger partial charge in [-0.3, -0.25) is 10.1 Å². The van der Waals surface area contributed by atoms with Crippen molar-refractivity contribution in [3.05, 3.63) is 63.2 Å². The number of halogens is 2. The van der Waals surface area contributed by atoms with E-state index >= 15 is 0 Å². The zero-order chi connectivity index (χ0) is 16.6. The number of hydrogen-bond donors (Lipinski definition) is 1. The van der Waals surface area contributed by atoms with Gasteiger partial charge in [-0.1, -0.05) is 6.07 Å². The molecule has 120 valence electrons. The zero-order valence-corrected chi connectivity index (χ0v) is 12.3. The van der Waals surface area contributed by atoms with Gasteiger partial charge in [-0.2, -0.15) is 0 Å². The summed E-state index contributed by atoms with van der Waals surface area (Å²) in [6.45, 7) is 0. The average molecular weight is 320 g/mol. The summed E-state index contributed by atoms with van der Waals surface area (Å²) < 4.78 is 31.8. The fourth-order valence-electron chi connectivity index (χ4n) is 2.89. The van der Waals surface area contributed by atoms with Crippen LogP contribution in [0.3, 0.4) is 0 Å². The van der Waals surface area contributed by atoms with Gasteiger partial charge < -0.3 is 10.1 Å². The summed E-state index contributed by atoms with van der Waals surface area (Å²) in [4.78, 5) is 10.5. The molecule has 1 atom stereocenters. The minimum Gasteiger partial charge on any atom is -0.494 e. The zero-order valence-electron chi connectivity index (χ0n) is 12.3. The molecule has 1 unspecified atom stereocenters. The fraction of sp³-hybridized carbons (Fsp3) is 0.250. The van der Waals surface area contributed by atoms with Crippen LogP contribution in [0.5, 0.6) is 5.75 Å². The molecular formula is C16H14F2N2O3. The highest BCUT2D eigenvalue weighted by Gasteiger charge is 2.26. The number of fused-ring (bicyclic) bond motifs is 1. The first-order chi connectivity index (χ1) is 11.0. The maximum atomic E-state index is 13.7. The summed E-state index contributed by atoms with van der Waals surface area (Å²) in [5.74, 6) is -1.17. The molecule has 0 radical (unpaired) electrons. The van der Waals surface area contributed by atoms with Crippen LogP contribution < -0.4 is 10.1 Å². The van der Waals surface area contributed by atoms with Gasteiger partial charge in [0.1, 0.15) is 11.5 Å². The first kappa shape index (κ1) is 15.2. The number of anilines is 1. The molecule has 0 bridgehead atoms. The summed E-state index contributed by atoms with van der Waals surface area (Å²) in [5, 5.41) is 14.2. The Balaban J connectivity index is 1.96. The second kappa shape index (κ2) is 5.83. The van der Waals surface area contributed by atoms with Crippen molar-refractivity contribution in [2.45, 2.75) is 18.9 Å². The van der Waals surface area contributed by atoms with Crippen LogP contribution in [-0.4, -0.2) is 12.0 Å². The maximum Gasteiger partial charge on any atom is 0.295 e. The monoisotopic (exact) mass is 320 g/mol. The number of aryl methyl sites for hydroxylation is 1. The molecule has 0 heterocycles. The minimum atomic E-state index is -0.793. The van der Waals surface area contributed by atoms with Crippen LogP contribution >= 0.6 is 0 Å². The van der Waals surface area contributed by atoms with Crippen LogP contribution in [0.1, 0.15) is 23.6 Å². The van der Waals surface area contributed by atoms with Crippen molar-refractivity contribution in [2.24, 2.45) is 0 Å². The Morgan fingerprint density at radius 1 is 1.30 bits per heavy atom. The third-order valence-electron chi connectivity index (χ3n) is 3.98. The van der Waals surface area contributed by atoms with Gasteiger partial charge >= 0.3 is 0 Å². The lowest BCUT2D eigenvalue weighted by Gasteiger charge is -2.16. The van der Waals surface area contributed by atoms with E-state index in [1.807, 2.05) is 0 Å². The van der Waals surface area contributed by atoms with E-state index < -0.39 is 10.7 Å². The van der Waals surface area contributed by atoms with Crippen LogP contribution in [0.25, 0.3) is 0 Å². The molecule has 2 aromatic rings. The number of nitro benzene ring substituents is 1. The number of benzene rings is 2. The van der Waals surface area contributed by atoms with Crippen LogP contribution in [-0.2, 0) is 6.42 Å². The number of methoxy groups -OCH3 is 1. The Labute approximate surface area is 131 Å². The van der Waals surface area contributed by atoms with Crippen molar-refractivity contribution in [1.29, 1.82) is 0 Å². The maximum absolute atomic E-state index is 13.7. The standard InChI is InChI=1S/C16H14F2N2O3/c1-23-16-8-14(15(20(21)22)7-12(16)18)19-13-5-2-9-6-10(17)3-4-11(9)13/h3-4,6-8,13,19H,2,5H2,1H3. The molecule has 5 nitrogen and oxygen atoms in total. The van der Waals surface area contributed by atoms with Crippen LogP contribution in [0.4, 0.5) is 20.2 Å². The smallest absolute Gasteiger partial charge is 0.295 e. The van der Waals surface area contributed by atoms with Crippen molar-refractivity contribution in [3.8, 4) is 5.75 Å². The molecule has 7 heteroatoms. The third kappa shape index (κ3) is 2.81. The molecule has 0 spiro atoms. The van der Waals surface area contributed by atoms with Gasteiger partial charge in [0.25, 0.3) is 5.69 Å². The van der Waals surface area contributed by atoms with E-state index in [1.165, 1.54) is 25.3 Å². The molecule has 1 N–H and O–H groups in total. The summed E-state index contributed by atoms with van der Waals surface area (Å²) >= 11 is 0. The Kier molecular flexibility index (Phi) is 3.85. The molecule has 0 saturated heterocycles. The van der Waals surface area contributed by atoms with Crippen molar-refractivity contribution in [3.63, 3.8) is 0 Å². The minimum absolute atomic E-state index is 0.0737. The van der Waals surface area contributed by atoms with Gasteiger partial charge in [0.05, 0.1) is 24.1 Å². The van der Waals surface area contributed by atoms with E-state index in [1.54, 1.807) is 6.07 Å². The fourth-order valence-corrected chi connectivity index (χ4v) is 2.89. The van der Waals surface area contributed by atoms with Gasteiger partial charge in [0, 0.05) is 6.07 Å². The molecule has 0 amide bonds. The topological polar surface area (TPSA) is 64.4 Å². The van der Waals surface area contributed by atoms with E-state index in [0.29, 0.717) is 12.8 Å². The van der Waals surface area contributed by atoms with E-state index in [4.69, 9.17) is 4.74 Å². The van der Waals surface area contributed by atoms with Crippen molar-refractivity contribution in [1.82, 2.24) is 0 Å². The van der Waals surface area contributed by atoms with Gasteiger partial charge in [0.15, 0.2) is 11.6 Å². The summed E-state index contributed by atoms with van der Waals surface area (Å²) in [5.41, 5.74) is 1.58. The molecule has 1 aliphatic carbocycles. The van der Waals surface area contributed by atoms with Crippen molar-refractivity contribution < 1.29 is 18.4 Å². The molecule has 1 aliphatic rings. The van der Waals surface area contributed by atoms with Gasteiger partial charge in [-0.05, 0) is 36.1 Å². The highest BCUT2D eigenvalue weighted by Crippen LogP contribution is 2.38. The molecule has 0 aliphatic heterocycles. The molecule has 0 aromatic heterocycles. The number of nitro groups is 1. The Bertz CT molecular complexity index is 780. The first-order valence-corrected chi connectivity index (χ1v) is 7.06. The Morgan fingerprint density at radius 2 is 2.09 bits per heavy atom. The largest absolute Gasteiger partial charge is 0.494 e. The number of ether oxygens (including phenoxy) is 1. The van der Waals surface area contributed by atoms with Crippen LogP contribution in [0, 0.1) is 21.7 Å². The molecule has 23 heavy (non-hydrogen) atoms. The summed E-state index contributed by atoms with van der Waals surface area (Å²) in [7, 11) is 1.29. The molecule has 2 aromatic carbocycles. The van der Waals surface area contributed by atoms with Crippen molar-refractivity contribution >= 4 is 11.4 Å². The highest BCUT2D eigenvalue weighted by atomic mass is 19.1. The SMILES string of the molecule is COc1cc(NC2CCc3cc(F)ccc32)c([N+](=O)[O-])cc1F. The molecule has 3 rings (SSSR count). The van der Waals surface area contributed by atoms with E-state index in [2.05, 4.69) is 5.32 Å². The van der Waals surface area contributed by atoms with E-state index in [9.17, 15) is 18.9 Å². The number of nitrogens with one attached hydrogen (secondary N) is 1. The normalized spacial score (nSPS) is 16.0. The summed E-state index contributed by atoms with van der Waals surface area (Å²) in [6, 6.07) is 6.41. The second-order valence-electron chi connectivity index (χ2n) is 5.34. The third-order valence-corrected chi connectivity index (χ3v) is 3.98. The molecular weight excluding hydrogens is 306 g/mol. The second-order valence-corrected chi connectivity index (χ2v) is 5.34. The predicted molar refractivity (Wildman–Crippen MR) is 80.7 cm³/mol. The van der Waals surface area contributed by atoms with Gasteiger partial charge in [-0.15, -0.1) is 0 Å². The van der Waals surface area contributed by atoms with Crippen LogP contribution in [0.2, 0.25) is 0 Å². The first-order valence-electron chi connectivity index (χ1n) is 7.06. The lowest BCUT2D eigenvalue weighted by molar-refractivity contribution is -0.384. The van der Waals surface area contributed by atoms with Crippen molar-refractivity contribution in [2.75, 3.05) is 12.4 Å². The van der Waals surface area contributed by atoms with Gasteiger partial charge in [-0.25, -0.2) is 8.78 Å². The number of nitrogens with zero attached hydrogens (tertiary/aromatic N) is 1. The molecule has 0 saturated carbocycles. The quantitative estimate of drug-likeness (QED) is 0.683. The lowest BCUT2D eigenvalue weighted by atomic mass is 10.1.